The topological polar surface area (TPSA) is 68.3 Å². The van der Waals surface area contributed by atoms with Crippen molar-refractivity contribution in [3.63, 3.8) is 0 Å². The van der Waals surface area contributed by atoms with Gasteiger partial charge in [0.05, 0.1) is 21.6 Å². The highest BCUT2D eigenvalue weighted by Gasteiger charge is 2.36. The number of aromatic nitrogens is 1. The lowest BCUT2D eigenvalue weighted by Crippen LogP contribution is -2.37. The Hall–Kier alpha value is -1.95. The Morgan fingerprint density at radius 1 is 1.26 bits per heavy atom. The van der Waals surface area contributed by atoms with E-state index in [0.29, 0.717) is 13.0 Å². The zero-order chi connectivity index (χ0) is 19.3. The number of amides is 1. The van der Waals surface area contributed by atoms with Crippen LogP contribution in [-0.2, 0) is 20.7 Å². The molecule has 5 nitrogen and oxygen atoms in total. The van der Waals surface area contributed by atoms with Gasteiger partial charge in [0, 0.05) is 13.0 Å². The van der Waals surface area contributed by atoms with E-state index < -0.39 is 6.10 Å². The van der Waals surface area contributed by atoms with Crippen molar-refractivity contribution in [2.45, 2.75) is 64.9 Å². The van der Waals surface area contributed by atoms with E-state index in [2.05, 4.69) is 11.4 Å². The van der Waals surface area contributed by atoms with Gasteiger partial charge in [-0.25, -0.2) is 4.98 Å². The van der Waals surface area contributed by atoms with Gasteiger partial charge < -0.3 is 10.1 Å². The van der Waals surface area contributed by atoms with Crippen LogP contribution in [0.1, 0.15) is 57.4 Å². The van der Waals surface area contributed by atoms with E-state index in [1.165, 1.54) is 11.1 Å². The minimum absolute atomic E-state index is 0.107. The number of carbonyl (C=O) groups excluding carboxylic acids is 2. The van der Waals surface area contributed by atoms with Crippen LogP contribution in [0.2, 0.25) is 0 Å². The Morgan fingerprint density at radius 3 is 2.70 bits per heavy atom. The molecule has 6 heteroatoms. The van der Waals surface area contributed by atoms with Crippen molar-refractivity contribution in [2.75, 3.05) is 6.54 Å². The van der Waals surface area contributed by atoms with Gasteiger partial charge in [0.15, 0.2) is 6.10 Å². The summed E-state index contributed by atoms with van der Waals surface area (Å²) < 4.78 is 6.61. The van der Waals surface area contributed by atoms with Crippen LogP contribution in [0.3, 0.4) is 0 Å². The Morgan fingerprint density at radius 2 is 2.00 bits per heavy atom. The third-order valence-corrected chi connectivity index (χ3v) is 6.36. The molecule has 0 spiro atoms. The summed E-state index contributed by atoms with van der Waals surface area (Å²) in [6.45, 7) is 4.01. The van der Waals surface area contributed by atoms with Gasteiger partial charge in [0.2, 0.25) is 0 Å². The highest BCUT2D eigenvalue weighted by atomic mass is 32.1. The molecular formula is C21H28N2O3S. The second-order valence-electron chi connectivity index (χ2n) is 7.52. The third-order valence-electron chi connectivity index (χ3n) is 5.33. The molecule has 1 aliphatic rings. The normalized spacial score (nSPS) is 17.4. The van der Waals surface area contributed by atoms with Crippen LogP contribution in [0, 0.1) is 5.41 Å². The molecule has 0 bridgehead atoms. The summed E-state index contributed by atoms with van der Waals surface area (Å²) in [5.74, 6) is -0.522. The molecule has 1 fully saturated rings. The fraction of sp³-hybridized carbons (Fsp3) is 0.571. The molecular weight excluding hydrogens is 360 g/mol. The molecule has 27 heavy (non-hydrogen) atoms. The number of likely N-dealkylation sites (N-methyl/N-ethyl adjacent to an activating group) is 1. The highest BCUT2D eigenvalue weighted by Crippen LogP contribution is 2.43. The molecule has 1 amide bonds. The molecule has 3 rings (SSSR count). The molecule has 1 N–H and O–H groups in total. The standard InChI is InChI=1S/C21H28N2O3S/c1-3-22-20(25)15(2)26-19(24)14-21(11-7-4-8-12-21)13-18-23-16-9-5-6-10-17(16)27-18/h5-6,9-10,15H,3-4,7-8,11-14H2,1-2H3,(H,22,25)/t15-/m1/s1. The first kappa shape index (κ1) is 19.8. The summed E-state index contributed by atoms with van der Waals surface area (Å²) in [6, 6.07) is 8.15. The van der Waals surface area contributed by atoms with Crippen LogP contribution < -0.4 is 5.32 Å². The largest absolute Gasteiger partial charge is 0.453 e. The summed E-state index contributed by atoms with van der Waals surface area (Å²) in [4.78, 5) is 29.2. The number of carbonyl (C=O) groups is 2. The van der Waals surface area contributed by atoms with Crippen molar-refractivity contribution >= 4 is 33.4 Å². The van der Waals surface area contributed by atoms with Crippen molar-refractivity contribution < 1.29 is 14.3 Å². The van der Waals surface area contributed by atoms with E-state index in [4.69, 9.17) is 9.72 Å². The molecule has 146 valence electrons. The number of benzene rings is 1. The second kappa shape index (κ2) is 8.83. The molecule has 2 aromatic rings. The number of esters is 1. The first-order valence-electron chi connectivity index (χ1n) is 9.83. The number of para-hydroxylation sites is 1. The SMILES string of the molecule is CCNC(=O)[C@@H](C)OC(=O)CC1(Cc2nc3ccccc3s2)CCCCC1. The van der Waals surface area contributed by atoms with Gasteiger partial charge in [0.25, 0.3) is 5.91 Å². The van der Waals surface area contributed by atoms with E-state index in [-0.39, 0.29) is 17.3 Å². The third kappa shape index (κ3) is 5.06. The number of fused-ring (bicyclic) bond motifs is 1. The minimum atomic E-state index is -0.749. The first-order chi connectivity index (χ1) is 13.0. The van der Waals surface area contributed by atoms with Gasteiger partial charge in [0.1, 0.15) is 0 Å². The molecule has 0 aliphatic heterocycles. The maximum atomic E-state index is 12.6. The zero-order valence-corrected chi connectivity index (χ0v) is 16.9. The summed E-state index contributed by atoms with van der Waals surface area (Å²) in [5.41, 5.74) is 0.917. The van der Waals surface area contributed by atoms with E-state index in [9.17, 15) is 9.59 Å². The number of thiazole rings is 1. The van der Waals surface area contributed by atoms with Crippen molar-refractivity contribution in [3.05, 3.63) is 29.3 Å². The minimum Gasteiger partial charge on any atom is -0.453 e. The van der Waals surface area contributed by atoms with Crippen molar-refractivity contribution in [1.29, 1.82) is 0 Å². The van der Waals surface area contributed by atoms with Crippen LogP contribution in [0.15, 0.2) is 24.3 Å². The number of nitrogens with zero attached hydrogens (tertiary/aromatic N) is 1. The maximum Gasteiger partial charge on any atom is 0.307 e. The van der Waals surface area contributed by atoms with Gasteiger partial charge in [-0.2, -0.15) is 0 Å². The summed E-state index contributed by atoms with van der Waals surface area (Å²) >= 11 is 1.71. The summed E-state index contributed by atoms with van der Waals surface area (Å²) in [6.07, 6.45) is 5.89. The Bertz CT molecular complexity index is 763. The lowest BCUT2D eigenvalue weighted by molar-refractivity contribution is -0.157. The smallest absolute Gasteiger partial charge is 0.307 e. The Kier molecular flexibility index (Phi) is 6.47. The molecule has 0 saturated heterocycles. The number of hydrogen-bond acceptors (Lipinski definition) is 5. The van der Waals surface area contributed by atoms with E-state index >= 15 is 0 Å². The molecule has 0 radical (unpaired) electrons. The summed E-state index contributed by atoms with van der Waals surface area (Å²) in [5, 5.41) is 3.78. The van der Waals surface area contributed by atoms with Gasteiger partial charge in [-0.15, -0.1) is 11.3 Å². The average molecular weight is 389 g/mol. The van der Waals surface area contributed by atoms with Crippen LogP contribution in [0.4, 0.5) is 0 Å². The highest BCUT2D eigenvalue weighted by molar-refractivity contribution is 7.18. The zero-order valence-electron chi connectivity index (χ0n) is 16.1. The average Bonchev–Trinajstić information content (AvgIpc) is 3.04. The second-order valence-corrected chi connectivity index (χ2v) is 8.63. The van der Waals surface area contributed by atoms with Gasteiger partial charge >= 0.3 is 5.97 Å². The van der Waals surface area contributed by atoms with Crippen LogP contribution in [-0.4, -0.2) is 29.5 Å². The maximum absolute atomic E-state index is 12.6. The van der Waals surface area contributed by atoms with E-state index in [1.54, 1.807) is 18.3 Å². The molecule has 1 heterocycles. The van der Waals surface area contributed by atoms with Crippen molar-refractivity contribution in [3.8, 4) is 0 Å². The number of rotatable bonds is 7. The van der Waals surface area contributed by atoms with Crippen LogP contribution in [0.25, 0.3) is 10.2 Å². The molecule has 1 aromatic carbocycles. The van der Waals surface area contributed by atoms with Crippen molar-refractivity contribution in [1.82, 2.24) is 10.3 Å². The van der Waals surface area contributed by atoms with Gasteiger partial charge in [-0.1, -0.05) is 31.4 Å². The van der Waals surface area contributed by atoms with E-state index in [0.717, 1.165) is 42.6 Å². The van der Waals surface area contributed by atoms with Crippen LogP contribution in [0.5, 0.6) is 0 Å². The molecule has 1 aliphatic carbocycles. The fourth-order valence-electron chi connectivity index (χ4n) is 3.95. The predicted molar refractivity (Wildman–Crippen MR) is 108 cm³/mol. The van der Waals surface area contributed by atoms with E-state index in [1.807, 2.05) is 25.1 Å². The number of hydrogen-bond donors (Lipinski definition) is 1. The lowest BCUT2D eigenvalue weighted by atomic mass is 9.70. The fourth-order valence-corrected chi connectivity index (χ4v) is 5.09. The van der Waals surface area contributed by atoms with Gasteiger partial charge in [-0.3, -0.25) is 9.59 Å². The molecule has 0 unspecified atom stereocenters. The van der Waals surface area contributed by atoms with Gasteiger partial charge in [-0.05, 0) is 44.2 Å². The number of ether oxygens (including phenoxy) is 1. The number of nitrogens with one attached hydrogen (secondary N) is 1. The van der Waals surface area contributed by atoms with Crippen LogP contribution >= 0.6 is 11.3 Å². The lowest BCUT2D eigenvalue weighted by Gasteiger charge is -2.36. The quantitative estimate of drug-likeness (QED) is 0.720. The Balaban J connectivity index is 1.70. The summed E-state index contributed by atoms with van der Waals surface area (Å²) in [7, 11) is 0. The molecule has 1 aromatic heterocycles. The van der Waals surface area contributed by atoms with Crippen molar-refractivity contribution in [2.24, 2.45) is 5.41 Å². The first-order valence-corrected chi connectivity index (χ1v) is 10.6. The Labute approximate surface area is 164 Å². The predicted octanol–water partition coefficient (Wildman–Crippen LogP) is 4.25. The monoisotopic (exact) mass is 388 g/mol. The molecule has 1 saturated carbocycles. The molecule has 1 atom stereocenters.